The van der Waals surface area contributed by atoms with Crippen LogP contribution in [0.3, 0.4) is 0 Å². The molecule has 4 rings (SSSR count). The number of hydrogen-bond donors (Lipinski definition) is 3. The summed E-state index contributed by atoms with van der Waals surface area (Å²) in [6.07, 6.45) is 0.448. The summed E-state index contributed by atoms with van der Waals surface area (Å²) in [7, 11) is -2.91. The normalized spacial score (nSPS) is 17.5. The molecule has 0 aliphatic carbocycles. The topological polar surface area (TPSA) is 106 Å². The van der Waals surface area contributed by atoms with Crippen molar-refractivity contribution in [2.75, 3.05) is 31.7 Å². The second-order valence-corrected chi connectivity index (χ2v) is 11.7. The lowest BCUT2D eigenvalue weighted by atomic mass is 10.0. The van der Waals surface area contributed by atoms with E-state index in [-0.39, 0.29) is 28.8 Å². The maximum absolute atomic E-state index is 13.9. The van der Waals surface area contributed by atoms with Gasteiger partial charge in [-0.15, -0.1) is 0 Å². The maximum Gasteiger partial charge on any atom is 0.419 e. The third-order valence-corrected chi connectivity index (χ3v) is 7.26. The molecular formula is C22H24F3N6OP. The zero-order valence-electron chi connectivity index (χ0n) is 18.3. The fourth-order valence-corrected chi connectivity index (χ4v) is 5.65. The molecule has 3 N–H and O–H groups in total. The molecule has 0 amide bonds. The summed E-state index contributed by atoms with van der Waals surface area (Å²) in [6, 6.07) is 5.08. The van der Waals surface area contributed by atoms with Crippen molar-refractivity contribution in [1.29, 1.82) is 5.26 Å². The van der Waals surface area contributed by atoms with E-state index < -0.39 is 18.9 Å². The van der Waals surface area contributed by atoms with Gasteiger partial charge in [-0.1, -0.05) is 12.5 Å². The molecular weight excluding hydrogens is 452 g/mol. The maximum atomic E-state index is 13.9. The molecule has 0 unspecified atom stereocenters. The Morgan fingerprint density at radius 3 is 2.76 bits per heavy atom. The van der Waals surface area contributed by atoms with Crippen molar-refractivity contribution in [1.82, 2.24) is 20.3 Å². The van der Waals surface area contributed by atoms with Gasteiger partial charge in [0.05, 0.1) is 28.1 Å². The molecule has 0 radical (unpaired) electrons. The monoisotopic (exact) mass is 476 g/mol. The van der Waals surface area contributed by atoms with E-state index in [1.165, 1.54) is 25.6 Å². The second kappa shape index (κ2) is 8.81. The minimum absolute atomic E-state index is 0.0101. The number of anilines is 1. The van der Waals surface area contributed by atoms with Crippen LogP contribution in [0.2, 0.25) is 0 Å². The van der Waals surface area contributed by atoms with Crippen molar-refractivity contribution < 1.29 is 17.7 Å². The quantitative estimate of drug-likeness (QED) is 0.485. The Morgan fingerprint density at radius 2 is 2.06 bits per heavy atom. The molecule has 3 aromatic rings. The smallest absolute Gasteiger partial charge is 0.360 e. The average Bonchev–Trinajstić information content (AvgIpc) is 3.00. The zero-order chi connectivity index (χ0) is 23.8. The number of alkyl halides is 3. The van der Waals surface area contributed by atoms with E-state index >= 15 is 0 Å². The first-order valence-corrected chi connectivity index (χ1v) is 13.2. The van der Waals surface area contributed by atoms with Gasteiger partial charge in [-0.25, -0.2) is 9.97 Å². The van der Waals surface area contributed by atoms with E-state index in [2.05, 4.69) is 25.6 Å². The Morgan fingerprint density at radius 1 is 1.27 bits per heavy atom. The number of nitriles is 1. The lowest BCUT2D eigenvalue weighted by Crippen LogP contribution is -2.31. The lowest BCUT2D eigenvalue weighted by Gasteiger charge is -2.18. The van der Waals surface area contributed by atoms with E-state index in [1.54, 1.807) is 6.07 Å². The van der Waals surface area contributed by atoms with Gasteiger partial charge in [0, 0.05) is 35.9 Å². The molecule has 3 heterocycles. The molecule has 0 bridgehead atoms. The largest absolute Gasteiger partial charge is 0.419 e. The predicted octanol–water partition coefficient (Wildman–Crippen LogP) is 4.32. The van der Waals surface area contributed by atoms with E-state index in [0.29, 0.717) is 22.8 Å². The Balaban J connectivity index is 1.86. The van der Waals surface area contributed by atoms with Crippen molar-refractivity contribution in [3.8, 4) is 17.3 Å². The average molecular weight is 476 g/mol. The van der Waals surface area contributed by atoms with Gasteiger partial charge in [0.15, 0.2) is 0 Å². The van der Waals surface area contributed by atoms with E-state index in [1.807, 2.05) is 6.07 Å². The van der Waals surface area contributed by atoms with Gasteiger partial charge in [0.2, 0.25) is 5.95 Å². The van der Waals surface area contributed by atoms with Crippen LogP contribution in [-0.2, 0) is 10.7 Å². The molecule has 1 aliphatic rings. The van der Waals surface area contributed by atoms with Crippen LogP contribution in [0.4, 0.5) is 19.1 Å². The van der Waals surface area contributed by atoms with Gasteiger partial charge in [0.1, 0.15) is 12.7 Å². The number of aromatic nitrogens is 3. The van der Waals surface area contributed by atoms with Crippen molar-refractivity contribution in [2.24, 2.45) is 0 Å². The molecule has 11 heteroatoms. The molecule has 174 valence electrons. The first-order chi connectivity index (χ1) is 15.6. The van der Waals surface area contributed by atoms with Crippen LogP contribution < -0.4 is 15.9 Å². The number of hydrogen-bond acceptors (Lipinski definition) is 6. The first-order valence-electron chi connectivity index (χ1n) is 10.6. The molecule has 1 saturated heterocycles. The summed E-state index contributed by atoms with van der Waals surface area (Å²) in [4.78, 5) is 11.1. The third-order valence-electron chi connectivity index (χ3n) is 5.72. The predicted molar refractivity (Wildman–Crippen MR) is 122 cm³/mol. The van der Waals surface area contributed by atoms with Crippen molar-refractivity contribution >= 4 is 29.3 Å². The summed E-state index contributed by atoms with van der Waals surface area (Å²) in [5.74, 6) is 0.117. The molecule has 1 aliphatic heterocycles. The van der Waals surface area contributed by atoms with Gasteiger partial charge in [-0.3, -0.25) is 0 Å². The molecule has 0 spiro atoms. The van der Waals surface area contributed by atoms with Crippen LogP contribution in [0.1, 0.15) is 30.4 Å². The number of nitrogens with zero attached hydrogens (tertiary/aromatic N) is 3. The molecule has 7 nitrogen and oxygen atoms in total. The fourth-order valence-electron chi connectivity index (χ4n) is 4.22. The van der Waals surface area contributed by atoms with Crippen molar-refractivity contribution in [2.45, 2.75) is 31.5 Å². The van der Waals surface area contributed by atoms with Crippen LogP contribution in [-0.4, -0.2) is 47.4 Å². The van der Waals surface area contributed by atoms with Gasteiger partial charge < -0.3 is 20.2 Å². The number of H-pyrrole nitrogens is 1. The number of fused-ring (bicyclic) bond motifs is 1. The highest BCUT2D eigenvalue weighted by Crippen LogP contribution is 2.42. The number of benzene rings is 1. The SMILES string of the molecule is CP(C)(=O)c1c(C#N)ccc2c(-c3nc(N[C@H]4CCCCNC4)ncc3C(F)(F)F)c[nH]c12. The molecule has 1 atom stereocenters. The minimum atomic E-state index is -4.67. The third kappa shape index (κ3) is 4.75. The van der Waals surface area contributed by atoms with E-state index in [4.69, 9.17) is 0 Å². The second-order valence-electron chi connectivity index (χ2n) is 8.54. The lowest BCUT2D eigenvalue weighted by molar-refractivity contribution is -0.137. The van der Waals surface area contributed by atoms with Crippen LogP contribution >= 0.6 is 7.14 Å². The van der Waals surface area contributed by atoms with Crippen LogP contribution in [0, 0.1) is 11.3 Å². The van der Waals surface area contributed by atoms with Gasteiger partial charge >= 0.3 is 6.18 Å². The Bertz CT molecular complexity index is 1270. The van der Waals surface area contributed by atoms with E-state index in [9.17, 15) is 23.0 Å². The standard InChI is InChI=1S/C22H24F3N6OP/c1-33(2,32)20-13(9-26)6-7-15-16(11-28-19(15)20)18-17(22(23,24)25)12-29-21(31-18)30-14-5-3-4-8-27-10-14/h6-7,11-12,14,27-28H,3-5,8,10H2,1-2H3,(H,29,30,31)/t14-/m0/s1. The highest BCUT2D eigenvalue weighted by Gasteiger charge is 2.36. The summed E-state index contributed by atoms with van der Waals surface area (Å²) in [6.45, 7) is 4.63. The number of rotatable bonds is 4. The first kappa shape index (κ1) is 23.3. The summed E-state index contributed by atoms with van der Waals surface area (Å²) < 4.78 is 54.5. The van der Waals surface area contributed by atoms with Crippen molar-refractivity contribution in [3.05, 3.63) is 35.7 Å². The van der Waals surface area contributed by atoms with Gasteiger partial charge in [-0.2, -0.15) is 18.4 Å². The fraction of sp³-hybridized carbons (Fsp3) is 0.409. The number of nitrogens with one attached hydrogen (secondary N) is 3. The van der Waals surface area contributed by atoms with Crippen molar-refractivity contribution in [3.63, 3.8) is 0 Å². The Hall–Kier alpha value is -2.89. The molecule has 0 saturated carbocycles. The molecule has 1 aromatic carbocycles. The summed E-state index contributed by atoms with van der Waals surface area (Å²) >= 11 is 0. The van der Waals surface area contributed by atoms with E-state index in [0.717, 1.165) is 32.0 Å². The highest BCUT2D eigenvalue weighted by molar-refractivity contribution is 7.70. The van der Waals surface area contributed by atoms with Crippen LogP contribution in [0.5, 0.6) is 0 Å². The number of aromatic amines is 1. The highest BCUT2D eigenvalue weighted by atomic mass is 31.2. The summed E-state index contributed by atoms with van der Waals surface area (Å²) in [5.41, 5.74) is -0.417. The minimum Gasteiger partial charge on any atom is -0.360 e. The van der Waals surface area contributed by atoms with Crippen LogP contribution in [0.15, 0.2) is 24.5 Å². The summed E-state index contributed by atoms with van der Waals surface area (Å²) in [5, 5.41) is 16.6. The van der Waals surface area contributed by atoms with Gasteiger partial charge in [0.25, 0.3) is 0 Å². The van der Waals surface area contributed by atoms with Crippen LogP contribution in [0.25, 0.3) is 22.2 Å². The molecule has 33 heavy (non-hydrogen) atoms. The molecule has 2 aromatic heterocycles. The number of halogens is 3. The van der Waals surface area contributed by atoms with Gasteiger partial charge in [-0.05, 0) is 38.8 Å². The Labute approximate surface area is 189 Å². The Kier molecular flexibility index (Phi) is 6.21. The molecule has 1 fully saturated rings. The zero-order valence-corrected chi connectivity index (χ0v) is 19.1.